The number of hydrogen-bond acceptors (Lipinski definition) is 5. The van der Waals surface area contributed by atoms with Crippen LogP contribution >= 0.6 is 10.7 Å². The molecule has 106 valence electrons. The lowest BCUT2D eigenvalue weighted by molar-refractivity contribution is -0.117. The van der Waals surface area contributed by atoms with Crippen molar-refractivity contribution in [1.29, 1.82) is 0 Å². The average molecular weight is 315 g/mol. The van der Waals surface area contributed by atoms with E-state index in [1.807, 2.05) is 0 Å². The van der Waals surface area contributed by atoms with E-state index in [9.17, 15) is 13.2 Å². The Morgan fingerprint density at radius 3 is 2.85 bits per heavy atom. The molecule has 1 unspecified atom stereocenters. The minimum Gasteiger partial charge on any atom is -0.441 e. The van der Waals surface area contributed by atoms with Gasteiger partial charge in [0.2, 0.25) is 15.0 Å². The highest BCUT2D eigenvalue weighted by atomic mass is 35.7. The number of amides is 1. The van der Waals surface area contributed by atoms with E-state index in [4.69, 9.17) is 15.1 Å². The van der Waals surface area contributed by atoms with Gasteiger partial charge in [-0.05, 0) is 12.1 Å². The Bertz CT molecular complexity index is 799. The fourth-order valence-electron chi connectivity index (χ4n) is 2.31. The molecule has 0 saturated carbocycles. The molecule has 6 nitrogen and oxygen atoms in total. The summed E-state index contributed by atoms with van der Waals surface area (Å²) in [4.78, 5) is 17.5. The van der Waals surface area contributed by atoms with Gasteiger partial charge in [-0.3, -0.25) is 4.79 Å². The molecule has 1 saturated heterocycles. The highest BCUT2D eigenvalue weighted by Gasteiger charge is 2.38. The molecule has 20 heavy (non-hydrogen) atoms. The van der Waals surface area contributed by atoms with Gasteiger partial charge in [-0.25, -0.2) is 13.4 Å². The summed E-state index contributed by atoms with van der Waals surface area (Å²) in [7, 11) is 1.58. The van der Waals surface area contributed by atoms with Gasteiger partial charge in [0.15, 0.2) is 11.5 Å². The summed E-state index contributed by atoms with van der Waals surface area (Å²) in [6.45, 7) is 1.79. The Hall–Kier alpha value is -1.60. The zero-order valence-corrected chi connectivity index (χ0v) is 12.1. The number of aryl methyl sites for hydroxylation is 1. The number of rotatable bonds is 2. The monoisotopic (exact) mass is 314 g/mol. The Kier molecular flexibility index (Phi) is 2.98. The minimum atomic E-state index is -3.74. The number of carbonyl (C=O) groups is 1. The van der Waals surface area contributed by atoms with Gasteiger partial charge in [-0.1, -0.05) is 0 Å². The third-order valence-electron chi connectivity index (χ3n) is 3.28. The van der Waals surface area contributed by atoms with Crippen molar-refractivity contribution in [1.82, 2.24) is 4.98 Å². The first-order valence-corrected chi connectivity index (χ1v) is 8.33. The lowest BCUT2D eigenvalue weighted by Crippen LogP contribution is -2.26. The lowest BCUT2D eigenvalue weighted by atomic mass is 10.2. The maximum atomic E-state index is 11.9. The van der Waals surface area contributed by atoms with Crippen LogP contribution in [0.4, 0.5) is 5.69 Å². The third-order valence-corrected chi connectivity index (χ3v) is 5.15. The van der Waals surface area contributed by atoms with Crippen molar-refractivity contribution in [3.05, 3.63) is 24.1 Å². The van der Waals surface area contributed by atoms with Gasteiger partial charge in [0.05, 0.1) is 0 Å². The SMILES string of the molecule is Cc1nc2ccc(N3CC(S(=O)(=O)Cl)CC3=O)cc2o1. The lowest BCUT2D eigenvalue weighted by Gasteiger charge is -2.15. The van der Waals surface area contributed by atoms with Crippen LogP contribution in [-0.4, -0.2) is 31.1 Å². The van der Waals surface area contributed by atoms with Crippen LogP contribution in [0.15, 0.2) is 22.6 Å². The topological polar surface area (TPSA) is 80.5 Å². The Labute approximate surface area is 119 Å². The van der Waals surface area contributed by atoms with Gasteiger partial charge < -0.3 is 9.32 Å². The Balaban J connectivity index is 1.97. The molecule has 1 aliphatic heterocycles. The van der Waals surface area contributed by atoms with Crippen molar-refractivity contribution in [2.24, 2.45) is 0 Å². The first-order valence-electron chi connectivity index (χ1n) is 5.95. The van der Waals surface area contributed by atoms with Gasteiger partial charge >= 0.3 is 0 Å². The standard InChI is InChI=1S/C12H11ClN2O4S/c1-7-14-10-3-2-8(4-11(10)19-7)15-6-9(5-12(15)16)20(13,17)18/h2-4,9H,5-6H2,1H3. The summed E-state index contributed by atoms with van der Waals surface area (Å²) in [5.41, 5.74) is 1.84. The number of carbonyl (C=O) groups excluding carboxylic acids is 1. The van der Waals surface area contributed by atoms with Crippen molar-refractivity contribution >= 4 is 42.4 Å². The van der Waals surface area contributed by atoms with Crippen molar-refractivity contribution in [3.8, 4) is 0 Å². The molecule has 0 spiro atoms. The van der Waals surface area contributed by atoms with Crippen LogP contribution in [0.2, 0.25) is 0 Å². The molecule has 1 atom stereocenters. The van der Waals surface area contributed by atoms with Crippen LogP contribution in [0.5, 0.6) is 0 Å². The average Bonchev–Trinajstić information content (AvgIpc) is 2.89. The number of hydrogen-bond donors (Lipinski definition) is 0. The first kappa shape index (κ1) is 13.4. The zero-order valence-electron chi connectivity index (χ0n) is 10.5. The fraction of sp³-hybridized carbons (Fsp3) is 0.333. The minimum absolute atomic E-state index is 0.0588. The molecule has 2 heterocycles. The normalized spacial score (nSPS) is 20.0. The zero-order chi connectivity index (χ0) is 14.5. The number of nitrogens with zero attached hydrogens (tertiary/aromatic N) is 2. The summed E-state index contributed by atoms with van der Waals surface area (Å²) in [5, 5.41) is -0.871. The maximum absolute atomic E-state index is 11.9. The van der Waals surface area contributed by atoms with Crippen LogP contribution in [0.3, 0.4) is 0 Å². The molecular weight excluding hydrogens is 304 g/mol. The molecule has 1 aromatic heterocycles. The number of anilines is 1. The molecule has 0 bridgehead atoms. The number of halogens is 1. The predicted molar refractivity (Wildman–Crippen MR) is 74.3 cm³/mol. The molecule has 1 aromatic carbocycles. The van der Waals surface area contributed by atoms with E-state index in [2.05, 4.69) is 4.98 Å². The molecule has 8 heteroatoms. The molecule has 1 amide bonds. The number of fused-ring (bicyclic) bond motifs is 1. The van der Waals surface area contributed by atoms with E-state index in [1.54, 1.807) is 25.1 Å². The molecule has 3 rings (SSSR count). The quantitative estimate of drug-likeness (QED) is 0.790. The molecule has 0 aliphatic carbocycles. The second-order valence-electron chi connectivity index (χ2n) is 4.69. The molecule has 1 aliphatic rings. The molecular formula is C12H11ClN2O4S. The van der Waals surface area contributed by atoms with Crippen LogP contribution in [0.25, 0.3) is 11.1 Å². The van der Waals surface area contributed by atoms with Crippen LogP contribution < -0.4 is 4.90 Å². The summed E-state index contributed by atoms with van der Waals surface area (Å²) in [5.74, 6) is 0.265. The molecule has 0 radical (unpaired) electrons. The first-order chi connectivity index (χ1) is 9.34. The summed E-state index contributed by atoms with van der Waals surface area (Å²) < 4.78 is 28.1. The van der Waals surface area contributed by atoms with Crippen molar-refractivity contribution < 1.29 is 17.6 Å². The smallest absolute Gasteiger partial charge is 0.237 e. The van der Waals surface area contributed by atoms with Crippen molar-refractivity contribution in [2.45, 2.75) is 18.6 Å². The van der Waals surface area contributed by atoms with E-state index < -0.39 is 14.3 Å². The van der Waals surface area contributed by atoms with E-state index in [0.29, 0.717) is 22.7 Å². The number of oxazole rings is 1. The fourth-order valence-corrected chi connectivity index (χ4v) is 3.34. The largest absolute Gasteiger partial charge is 0.441 e. The van der Waals surface area contributed by atoms with Crippen LogP contribution in [0, 0.1) is 6.92 Å². The summed E-state index contributed by atoms with van der Waals surface area (Å²) in [6.07, 6.45) is -0.0979. The van der Waals surface area contributed by atoms with E-state index in [-0.39, 0.29) is 18.9 Å². The van der Waals surface area contributed by atoms with Crippen molar-refractivity contribution in [2.75, 3.05) is 11.4 Å². The summed E-state index contributed by atoms with van der Waals surface area (Å²) >= 11 is 0. The highest BCUT2D eigenvalue weighted by molar-refractivity contribution is 8.14. The molecule has 2 aromatic rings. The number of benzene rings is 1. The van der Waals surface area contributed by atoms with Gasteiger partial charge in [0, 0.05) is 42.3 Å². The van der Waals surface area contributed by atoms with E-state index >= 15 is 0 Å². The highest BCUT2D eigenvalue weighted by Crippen LogP contribution is 2.29. The second-order valence-corrected chi connectivity index (χ2v) is 7.60. The van der Waals surface area contributed by atoms with Crippen LogP contribution in [-0.2, 0) is 13.8 Å². The van der Waals surface area contributed by atoms with Gasteiger partial charge in [-0.15, -0.1) is 0 Å². The van der Waals surface area contributed by atoms with Crippen molar-refractivity contribution in [3.63, 3.8) is 0 Å². The van der Waals surface area contributed by atoms with E-state index in [0.717, 1.165) is 0 Å². The summed E-state index contributed by atoms with van der Waals surface area (Å²) in [6, 6.07) is 5.12. The Morgan fingerprint density at radius 1 is 1.45 bits per heavy atom. The second kappa shape index (κ2) is 4.46. The molecule has 0 N–H and O–H groups in total. The van der Waals surface area contributed by atoms with Gasteiger partial charge in [-0.2, -0.15) is 0 Å². The predicted octanol–water partition coefficient (Wildman–Crippen LogP) is 1.81. The third kappa shape index (κ3) is 2.27. The van der Waals surface area contributed by atoms with Gasteiger partial charge in [0.25, 0.3) is 0 Å². The number of aromatic nitrogens is 1. The Morgan fingerprint density at radius 2 is 2.20 bits per heavy atom. The maximum Gasteiger partial charge on any atom is 0.237 e. The van der Waals surface area contributed by atoms with Crippen LogP contribution in [0.1, 0.15) is 12.3 Å². The van der Waals surface area contributed by atoms with E-state index in [1.165, 1.54) is 4.90 Å². The van der Waals surface area contributed by atoms with Gasteiger partial charge in [0.1, 0.15) is 10.8 Å². The molecule has 1 fully saturated rings.